The Morgan fingerprint density at radius 1 is 1.30 bits per heavy atom. The summed E-state index contributed by atoms with van der Waals surface area (Å²) in [5, 5.41) is 14.2. The number of hydrogen-bond donors (Lipinski definition) is 3. The van der Waals surface area contributed by atoms with Crippen LogP contribution in [-0.4, -0.2) is 54.2 Å². The Morgan fingerprint density at radius 2 is 2.00 bits per heavy atom. The quantitative estimate of drug-likeness (QED) is 0.655. The highest BCUT2D eigenvalue weighted by Crippen LogP contribution is 2.17. The van der Waals surface area contributed by atoms with E-state index < -0.39 is 5.97 Å². The molecule has 0 aliphatic carbocycles. The largest absolute Gasteiger partial charge is 0.481 e. The predicted octanol–water partition coefficient (Wildman–Crippen LogP) is 1.13. The van der Waals surface area contributed by atoms with Crippen LogP contribution in [0.2, 0.25) is 0 Å². The molecule has 2 unspecified atom stereocenters. The number of urea groups is 1. The van der Waals surface area contributed by atoms with Gasteiger partial charge < -0.3 is 20.6 Å². The summed E-state index contributed by atoms with van der Waals surface area (Å²) in [5.74, 6) is -0.375. The van der Waals surface area contributed by atoms with E-state index >= 15 is 0 Å². The molecule has 1 saturated heterocycles. The lowest BCUT2D eigenvalue weighted by molar-refractivity contribution is -0.137. The molecule has 6 heteroatoms. The highest BCUT2D eigenvalue weighted by molar-refractivity contribution is 5.74. The van der Waals surface area contributed by atoms with Crippen molar-refractivity contribution in [3.05, 3.63) is 0 Å². The zero-order valence-electron chi connectivity index (χ0n) is 12.7. The van der Waals surface area contributed by atoms with Crippen molar-refractivity contribution in [1.82, 2.24) is 15.5 Å². The number of likely N-dealkylation sites (tertiary alicyclic amines) is 1. The third-order valence-corrected chi connectivity index (χ3v) is 3.73. The lowest BCUT2D eigenvalue weighted by Gasteiger charge is -2.20. The predicted molar refractivity (Wildman–Crippen MR) is 77.6 cm³/mol. The highest BCUT2D eigenvalue weighted by Gasteiger charge is 2.24. The topological polar surface area (TPSA) is 81.7 Å². The Morgan fingerprint density at radius 3 is 2.55 bits per heavy atom. The molecule has 116 valence electrons. The van der Waals surface area contributed by atoms with Gasteiger partial charge in [-0.25, -0.2) is 4.79 Å². The minimum Gasteiger partial charge on any atom is -0.481 e. The second-order valence-electron chi connectivity index (χ2n) is 6.04. The van der Waals surface area contributed by atoms with Crippen molar-refractivity contribution < 1.29 is 14.7 Å². The average Bonchev–Trinajstić information content (AvgIpc) is 2.82. The van der Waals surface area contributed by atoms with Crippen molar-refractivity contribution in [3.63, 3.8) is 0 Å². The number of carbonyl (C=O) groups excluding carboxylic acids is 1. The number of carboxylic acid groups (broad SMARTS) is 1. The molecule has 0 aromatic heterocycles. The van der Waals surface area contributed by atoms with Crippen LogP contribution >= 0.6 is 0 Å². The smallest absolute Gasteiger partial charge is 0.314 e. The van der Waals surface area contributed by atoms with E-state index in [-0.39, 0.29) is 18.4 Å². The third-order valence-electron chi connectivity index (χ3n) is 3.73. The van der Waals surface area contributed by atoms with Gasteiger partial charge in [0.2, 0.25) is 0 Å². The summed E-state index contributed by atoms with van der Waals surface area (Å²) < 4.78 is 0. The summed E-state index contributed by atoms with van der Waals surface area (Å²) in [7, 11) is 0. The highest BCUT2D eigenvalue weighted by atomic mass is 16.4. The van der Waals surface area contributed by atoms with E-state index in [0.29, 0.717) is 25.0 Å². The molecule has 20 heavy (non-hydrogen) atoms. The molecular weight excluding hydrogens is 258 g/mol. The van der Waals surface area contributed by atoms with Crippen molar-refractivity contribution in [1.29, 1.82) is 0 Å². The Bertz CT molecular complexity index is 334. The average molecular weight is 285 g/mol. The first-order valence-corrected chi connectivity index (χ1v) is 7.36. The lowest BCUT2D eigenvalue weighted by Crippen LogP contribution is -2.41. The van der Waals surface area contributed by atoms with E-state index in [9.17, 15) is 9.59 Å². The first-order chi connectivity index (χ1) is 9.38. The number of amides is 2. The van der Waals surface area contributed by atoms with Crippen LogP contribution in [0.1, 0.15) is 33.6 Å². The fourth-order valence-electron chi connectivity index (χ4n) is 2.43. The van der Waals surface area contributed by atoms with Crippen molar-refractivity contribution in [2.75, 3.05) is 26.2 Å². The molecule has 2 atom stereocenters. The molecule has 1 rings (SSSR count). The molecule has 3 N–H and O–H groups in total. The molecule has 0 aromatic carbocycles. The van der Waals surface area contributed by atoms with Gasteiger partial charge in [-0.15, -0.1) is 0 Å². The molecule has 0 aromatic rings. The van der Waals surface area contributed by atoms with Crippen LogP contribution in [0.3, 0.4) is 0 Å². The normalized spacial score (nSPS) is 20.9. The maximum atomic E-state index is 11.6. The van der Waals surface area contributed by atoms with E-state index in [0.717, 1.165) is 19.5 Å². The first-order valence-electron chi connectivity index (χ1n) is 7.36. The SMILES string of the molecule is CC(CNC(=O)NCC1CCN(C(C)C)C1)CC(=O)O. The van der Waals surface area contributed by atoms with Crippen molar-refractivity contribution in [3.8, 4) is 0 Å². The zero-order valence-corrected chi connectivity index (χ0v) is 12.7. The molecule has 1 aliphatic heterocycles. The monoisotopic (exact) mass is 285 g/mol. The maximum absolute atomic E-state index is 11.6. The van der Waals surface area contributed by atoms with Gasteiger partial charge in [0.1, 0.15) is 0 Å². The van der Waals surface area contributed by atoms with E-state index in [1.165, 1.54) is 0 Å². The Labute approximate surface area is 120 Å². The van der Waals surface area contributed by atoms with Gasteiger partial charge in [-0.05, 0) is 38.6 Å². The number of nitrogens with zero attached hydrogens (tertiary/aromatic N) is 1. The van der Waals surface area contributed by atoms with Crippen LogP contribution in [0, 0.1) is 11.8 Å². The summed E-state index contributed by atoms with van der Waals surface area (Å²) in [6.45, 7) is 9.39. The second kappa shape index (κ2) is 8.09. The van der Waals surface area contributed by atoms with Crippen LogP contribution in [-0.2, 0) is 4.79 Å². The number of nitrogens with one attached hydrogen (secondary N) is 2. The third kappa shape index (κ3) is 6.23. The molecular formula is C14H27N3O3. The van der Waals surface area contributed by atoms with Crippen LogP contribution < -0.4 is 10.6 Å². The first kappa shape index (κ1) is 16.8. The summed E-state index contributed by atoms with van der Waals surface area (Å²) in [6.07, 6.45) is 1.19. The molecule has 0 spiro atoms. The number of carbonyl (C=O) groups is 2. The fraction of sp³-hybridized carbons (Fsp3) is 0.857. The number of rotatable bonds is 7. The van der Waals surface area contributed by atoms with Crippen molar-refractivity contribution >= 4 is 12.0 Å². The minimum atomic E-state index is -0.834. The standard InChI is InChI=1S/C14H27N3O3/c1-10(2)17-5-4-12(9-17)8-16-14(20)15-7-11(3)6-13(18)19/h10-12H,4-9H2,1-3H3,(H,18,19)(H2,15,16,20). The summed E-state index contributed by atoms with van der Waals surface area (Å²) in [6, 6.07) is 0.357. The van der Waals surface area contributed by atoms with Crippen LogP contribution in [0.15, 0.2) is 0 Å². The molecule has 6 nitrogen and oxygen atoms in total. The zero-order chi connectivity index (χ0) is 15.1. The Hall–Kier alpha value is -1.30. The van der Waals surface area contributed by atoms with Gasteiger partial charge in [-0.2, -0.15) is 0 Å². The number of hydrogen-bond acceptors (Lipinski definition) is 3. The van der Waals surface area contributed by atoms with E-state index in [2.05, 4.69) is 29.4 Å². The Kier molecular flexibility index (Phi) is 6.78. The van der Waals surface area contributed by atoms with Crippen molar-refractivity contribution in [2.24, 2.45) is 11.8 Å². The van der Waals surface area contributed by atoms with Gasteiger partial charge in [-0.1, -0.05) is 6.92 Å². The van der Waals surface area contributed by atoms with E-state index in [4.69, 9.17) is 5.11 Å². The number of carboxylic acids is 1. The molecule has 1 heterocycles. The molecule has 1 aliphatic rings. The molecule has 0 radical (unpaired) electrons. The van der Waals surface area contributed by atoms with Gasteiger partial charge in [0.15, 0.2) is 0 Å². The lowest BCUT2D eigenvalue weighted by atomic mass is 10.1. The second-order valence-corrected chi connectivity index (χ2v) is 6.04. The van der Waals surface area contributed by atoms with E-state index in [1.54, 1.807) is 0 Å². The van der Waals surface area contributed by atoms with E-state index in [1.807, 2.05) is 6.92 Å². The van der Waals surface area contributed by atoms with Gasteiger partial charge in [0, 0.05) is 32.1 Å². The van der Waals surface area contributed by atoms with Gasteiger partial charge >= 0.3 is 12.0 Å². The van der Waals surface area contributed by atoms with Gasteiger partial charge in [-0.3, -0.25) is 4.79 Å². The molecule has 0 bridgehead atoms. The fourth-order valence-corrected chi connectivity index (χ4v) is 2.43. The molecule has 2 amide bonds. The molecule has 1 fully saturated rings. The van der Waals surface area contributed by atoms with Crippen LogP contribution in [0.5, 0.6) is 0 Å². The van der Waals surface area contributed by atoms with Crippen LogP contribution in [0.4, 0.5) is 4.79 Å². The summed E-state index contributed by atoms with van der Waals surface area (Å²) >= 11 is 0. The maximum Gasteiger partial charge on any atom is 0.314 e. The number of aliphatic carboxylic acids is 1. The van der Waals surface area contributed by atoms with Crippen molar-refractivity contribution in [2.45, 2.75) is 39.7 Å². The van der Waals surface area contributed by atoms with Crippen LogP contribution in [0.25, 0.3) is 0 Å². The summed E-state index contributed by atoms with van der Waals surface area (Å²) in [5.41, 5.74) is 0. The molecule has 0 saturated carbocycles. The summed E-state index contributed by atoms with van der Waals surface area (Å²) in [4.78, 5) is 24.5. The van der Waals surface area contributed by atoms with Gasteiger partial charge in [0.05, 0.1) is 0 Å². The minimum absolute atomic E-state index is 0.0545. The Balaban J connectivity index is 2.13. The van der Waals surface area contributed by atoms with Gasteiger partial charge in [0.25, 0.3) is 0 Å².